The number of alkyl halides is 3. The molecule has 1 aliphatic rings. The van der Waals surface area contributed by atoms with Crippen LogP contribution in [-0.4, -0.2) is 58.6 Å². The highest BCUT2D eigenvalue weighted by atomic mass is 35.5. The quantitative estimate of drug-likeness (QED) is 0.816. The van der Waals surface area contributed by atoms with Crippen molar-refractivity contribution in [3.63, 3.8) is 0 Å². The van der Waals surface area contributed by atoms with Crippen LogP contribution in [0.5, 0.6) is 17.2 Å². The third-order valence-electron chi connectivity index (χ3n) is 4.10. The van der Waals surface area contributed by atoms with Crippen molar-refractivity contribution in [2.75, 3.05) is 47.5 Å². The second-order valence-electron chi connectivity index (χ2n) is 5.57. The highest BCUT2D eigenvalue weighted by Gasteiger charge is 2.38. The van der Waals surface area contributed by atoms with E-state index in [1.165, 1.54) is 21.3 Å². The Balaban J connectivity index is 0.00000312. The Labute approximate surface area is 151 Å². The van der Waals surface area contributed by atoms with Gasteiger partial charge in [0.2, 0.25) is 0 Å². The van der Waals surface area contributed by atoms with Crippen molar-refractivity contribution in [1.82, 2.24) is 10.2 Å². The van der Waals surface area contributed by atoms with Gasteiger partial charge in [0.15, 0.2) is 0 Å². The predicted molar refractivity (Wildman–Crippen MR) is 91.2 cm³/mol. The van der Waals surface area contributed by atoms with Crippen LogP contribution in [-0.2, 0) is 0 Å². The van der Waals surface area contributed by atoms with Gasteiger partial charge in [0.05, 0.1) is 39.4 Å². The van der Waals surface area contributed by atoms with Crippen molar-refractivity contribution in [3.05, 3.63) is 17.7 Å². The zero-order valence-corrected chi connectivity index (χ0v) is 15.3. The molecule has 25 heavy (non-hydrogen) atoms. The normalized spacial score (nSPS) is 16.7. The van der Waals surface area contributed by atoms with E-state index in [1.54, 1.807) is 12.1 Å². The van der Waals surface area contributed by atoms with Crippen LogP contribution in [0, 0.1) is 0 Å². The van der Waals surface area contributed by atoms with Crippen LogP contribution >= 0.6 is 12.4 Å². The van der Waals surface area contributed by atoms with Crippen molar-refractivity contribution < 1.29 is 27.4 Å². The minimum atomic E-state index is -4.30. The summed E-state index contributed by atoms with van der Waals surface area (Å²) in [4.78, 5) is 1.82. The molecule has 0 radical (unpaired) electrons. The van der Waals surface area contributed by atoms with E-state index in [0.29, 0.717) is 49.0 Å². The van der Waals surface area contributed by atoms with Gasteiger partial charge < -0.3 is 19.5 Å². The summed E-state index contributed by atoms with van der Waals surface area (Å²) in [7, 11) is 4.34. The van der Waals surface area contributed by atoms with Crippen molar-refractivity contribution in [1.29, 1.82) is 0 Å². The van der Waals surface area contributed by atoms with E-state index in [2.05, 4.69) is 5.32 Å². The Kier molecular flexibility index (Phi) is 8.11. The summed E-state index contributed by atoms with van der Waals surface area (Å²) in [5.74, 6) is 1.14. The van der Waals surface area contributed by atoms with Gasteiger partial charge in [0, 0.05) is 38.3 Å². The first-order chi connectivity index (χ1) is 11.4. The van der Waals surface area contributed by atoms with E-state index < -0.39 is 18.6 Å². The van der Waals surface area contributed by atoms with Crippen molar-refractivity contribution >= 4 is 12.4 Å². The molecule has 1 saturated heterocycles. The maximum absolute atomic E-state index is 13.2. The lowest BCUT2D eigenvalue weighted by atomic mass is 9.98. The van der Waals surface area contributed by atoms with Crippen LogP contribution in [0.2, 0.25) is 0 Å². The van der Waals surface area contributed by atoms with Gasteiger partial charge in [-0.15, -0.1) is 12.4 Å². The third kappa shape index (κ3) is 5.55. The molecule has 1 aliphatic heterocycles. The van der Waals surface area contributed by atoms with Gasteiger partial charge >= 0.3 is 6.18 Å². The minimum Gasteiger partial charge on any atom is -0.496 e. The zero-order valence-electron chi connectivity index (χ0n) is 14.5. The summed E-state index contributed by atoms with van der Waals surface area (Å²) in [6, 6.07) is 2.30. The van der Waals surface area contributed by atoms with Crippen LogP contribution in [0.4, 0.5) is 13.2 Å². The van der Waals surface area contributed by atoms with Gasteiger partial charge in [-0.05, 0) is 0 Å². The zero-order chi connectivity index (χ0) is 17.7. The third-order valence-corrected chi connectivity index (χ3v) is 4.10. The Bertz CT molecular complexity index is 527. The largest absolute Gasteiger partial charge is 0.496 e. The molecule has 0 aliphatic carbocycles. The van der Waals surface area contributed by atoms with Gasteiger partial charge in [-0.1, -0.05) is 0 Å². The van der Waals surface area contributed by atoms with Crippen LogP contribution in [0.3, 0.4) is 0 Å². The number of nitrogens with one attached hydrogen (secondary N) is 1. The molecular formula is C16H24ClF3N2O3. The van der Waals surface area contributed by atoms with Gasteiger partial charge in [0.1, 0.15) is 17.2 Å². The van der Waals surface area contributed by atoms with Crippen LogP contribution in [0.25, 0.3) is 0 Å². The monoisotopic (exact) mass is 384 g/mol. The molecule has 1 N–H and O–H groups in total. The van der Waals surface area contributed by atoms with Gasteiger partial charge in [-0.2, -0.15) is 13.2 Å². The van der Waals surface area contributed by atoms with Gasteiger partial charge in [-0.3, -0.25) is 4.90 Å². The highest BCUT2D eigenvalue weighted by molar-refractivity contribution is 5.85. The fraction of sp³-hybridized carbons (Fsp3) is 0.625. The molecule has 1 heterocycles. The van der Waals surface area contributed by atoms with E-state index in [1.807, 2.05) is 4.90 Å². The van der Waals surface area contributed by atoms with Gasteiger partial charge in [0.25, 0.3) is 0 Å². The summed E-state index contributed by atoms with van der Waals surface area (Å²) in [6.07, 6.45) is -5.27. The molecule has 0 unspecified atom stereocenters. The average Bonchev–Trinajstić information content (AvgIpc) is 2.58. The van der Waals surface area contributed by atoms with E-state index in [9.17, 15) is 13.2 Å². The Morgan fingerprint density at radius 3 is 1.96 bits per heavy atom. The van der Waals surface area contributed by atoms with Crippen LogP contribution in [0.1, 0.15) is 18.0 Å². The summed E-state index contributed by atoms with van der Waals surface area (Å²) in [6.45, 7) is 2.35. The first-order valence-electron chi connectivity index (χ1n) is 7.71. The fourth-order valence-corrected chi connectivity index (χ4v) is 2.99. The molecule has 0 bridgehead atoms. The van der Waals surface area contributed by atoms with E-state index in [4.69, 9.17) is 14.2 Å². The van der Waals surface area contributed by atoms with E-state index >= 15 is 0 Å². The molecule has 0 saturated carbocycles. The fourth-order valence-electron chi connectivity index (χ4n) is 2.99. The molecule has 0 amide bonds. The van der Waals surface area contributed by atoms with E-state index in [-0.39, 0.29) is 12.4 Å². The smallest absolute Gasteiger partial charge is 0.390 e. The number of halogens is 4. The Hall–Kier alpha value is -1.38. The maximum Gasteiger partial charge on any atom is 0.390 e. The van der Waals surface area contributed by atoms with E-state index in [0.717, 1.165) is 0 Å². The highest BCUT2D eigenvalue weighted by Crippen LogP contribution is 2.44. The summed E-state index contributed by atoms with van der Waals surface area (Å²) < 4.78 is 55.5. The van der Waals surface area contributed by atoms with Crippen LogP contribution in [0.15, 0.2) is 12.1 Å². The SMILES string of the molecule is COc1cc(OC)c([C@H](CC(F)(F)F)N2CCNCC2)c(OC)c1.Cl. The number of hydrogen-bond acceptors (Lipinski definition) is 5. The molecule has 0 spiro atoms. The summed E-state index contributed by atoms with van der Waals surface area (Å²) in [5, 5.41) is 3.15. The summed E-state index contributed by atoms with van der Waals surface area (Å²) in [5.41, 5.74) is 0.403. The lowest BCUT2D eigenvalue weighted by molar-refractivity contribution is -0.149. The molecule has 0 aromatic heterocycles. The number of rotatable bonds is 6. The molecule has 2 rings (SSSR count). The Morgan fingerprint density at radius 2 is 1.56 bits per heavy atom. The Morgan fingerprint density at radius 1 is 1.04 bits per heavy atom. The maximum atomic E-state index is 13.2. The second kappa shape index (κ2) is 9.35. The van der Waals surface area contributed by atoms with Crippen molar-refractivity contribution in [2.24, 2.45) is 0 Å². The van der Waals surface area contributed by atoms with Crippen molar-refractivity contribution in [3.8, 4) is 17.2 Å². The average molecular weight is 385 g/mol. The molecule has 9 heteroatoms. The number of methoxy groups -OCH3 is 3. The molecule has 1 fully saturated rings. The van der Waals surface area contributed by atoms with Gasteiger partial charge in [-0.25, -0.2) is 0 Å². The first kappa shape index (κ1) is 21.7. The molecule has 1 atom stereocenters. The first-order valence-corrected chi connectivity index (χ1v) is 7.71. The molecule has 1 aromatic rings. The second-order valence-corrected chi connectivity index (χ2v) is 5.57. The molecular weight excluding hydrogens is 361 g/mol. The lowest BCUT2D eigenvalue weighted by Crippen LogP contribution is -2.46. The number of nitrogens with zero attached hydrogens (tertiary/aromatic N) is 1. The number of ether oxygens (including phenoxy) is 3. The molecule has 5 nitrogen and oxygen atoms in total. The number of benzene rings is 1. The number of piperazine rings is 1. The topological polar surface area (TPSA) is 43.0 Å². The standard InChI is InChI=1S/C16H23F3N2O3.ClH/c1-22-11-8-13(23-2)15(14(9-11)24-3)12(10-16(17,18)19)21-6-4-20-5-7-21;/h8-9,12,20H,4-7,10H2,1-3H3;1H/t12-;/m0./s1. The van der Waals surface area contributed by atoms with Crippen molar-refractivity contribution in [2.45, 2.75) is 18.6 Å². The summed E-state index contributed by atoms with van der Waals surface area (Å²) >= 11 is 0. The molecule has 1 aromatic carbocycles. The minimum absolute atomic E-state index is 0. The van der Waals surface area contributed by atoms with Crippen LogP contribution < -0.4 is 19.5 Å². The molecule has 144 valence electrons. The predicted octanol–water partition coefficient (Wildman–Crippen LogP) is 3.03. The number of hydrogen-bond donors (Lipinski definition) is 1. The lowest BCUT2D eigenvalue weighted by Gasteiger charge is -2.36.